The van der Waals surface area contributed by atoms with Crippen LogP contribution in [0.1, 0.15) is 26.5 Å². The van der Waals surface area contributed by atoms with Crippen LogP contribution in [-0.4, -0.2) is 57.5 Å². The van der Waals surface area contributed by atoms with Gasteiger partial charge in [-0.25, -0.2) is 4.98 Å². The molecule has 1 saturated heterocycles. The second kappa shape index (κ2) is 14.4. The second-order valence-electron chi connectivity index (χ2n) is 11.7. The predicted octanol–water partition coefficient (Wildman–Crippen LogP) is 7.52. The summed E-state index contributed by atoms with van der Waals surface area (Å²) >= 11 is 1.64. The number of ether oxygens (including phenoxy) is 4. The summed E-state index contributed by atoms with van der Waals surface area (Å²) in [7, 11) is 1.64. The molecule has 2 aliphatic heterocycles. The van der Waals surface area contributed by atoms with E-state index in [0.29, 0.717) is 36.7 Å². The molecule has 10 heteroatoms. The average Bonchev–Trinajstić information content (AvgIpc) is 3.47. The summed E-state index contributed by atoms with van der Waals surface area (Å²) in [5.74, 6) is 2.02. The Morgan fingerprint density at radius 2 is 1.60 bits per heavy atom. The van der Waals surface area contributed by atoms with Crippen LogP contribution >= 0.6 is 11.3 Å². The summed E-state index contributed by atoms with van der Waals surface area (Å²) in [5, 5.41) is 6.57. The number of carbonyl (C=O) groups is 1. The number of aromatic nitrogens is 1. The van der Waals surface area contributed by atoms with Crippen LogP contribution in [0.25, 0.3) is 11.1 Å². The third kappa shape index (κ3) is 7.10. The van der Waals surface area contributed by atoms with Crippen LogP contribution in [-0.2, 0) is 17.6 Å². The zero-order chi connectivity index (χ0) is 32.9. The van der Waals surface area contributed by atoms with Crippen molar-refractivity contribution in [2.75, 3.05) is 62.2 Å². The molecule has 7 rings (SSSR count). The molecule has 2 N–H and O–H groups in total. The molecule has 246 valence electrons. The Hall–Kier alpha value is -5.06. The monoisotopic (exact) mass is 662 g/mol. The number of aryl methyl sites for hydroxylation is 1. The van der Waals surface area contributed by atoms with Crippen molar-refractivity contribution in [3.8, 4) is 28.4 Å². The summed E-state index contributed by atoms with van der Waals surface area (Å²) in [5.41, 5.74) is 9.96. The molecule has 0 aliphatic carbocycles. The van der Waals surface area contributed by atoms with Crippen LogP contribution in [0.3, 0.4) is 0 Å². The molecule has 0 spiro atoms. The van der Waals surface area contributed by atoms with Crippen LogP contribution < -0.4 is 29.7 Å². The Labute approximate surface area is 284 Å². The molecule has 9 nitrogen and oxygen atoms in total. The van der Waals surface area contributed by atoms with E-state index < -0.39 is 0 Å². The molecular weight excluding hydrogens is 625 g/mol. The van der Waals surface area contributed by atoms with Gasteiger partial charge < -0.3 is 34.5 Å². The molecule has 1 aromatic heterocycles. The Bertz CT molecular complexity index is 1900. The zero-order valence-corrected chi connectivity index (χ0v) is 27.9. The number of morpholine rings is 1. The van der Waals surface area contributed by atoms with Crippen LogP contribution in [0.15, 0.2) is 84.4 Å². The van der Waals surface area contributed by atoms with Gasteiger partial charge in [0.1, 0.15) is 5.75 Å². The molecule has 2 aliphatic rings. The van der Waals surface area contributed by atoms with E-state index in [1.54, 1.807) is 18.4 Å². The topological polar surface area (TPSA) is 94.2 Å². The molecular formula is C38H38N4O5S. The first-order valence-electron chi connectivity index (χ1n) is 16.1. The molecule has 0 radical (unpaired) electrons. The van der Waals surface area contributed by atoms with E-state index in [9.17, 15) is 4.79 Å². The number of fused-ring (bicyclic) bond motifs is 2. The first kappa shape index (κ1) is 31.5. The van der Waals surface area contributed by atoms with Crippen LogP contribution in [0.4, 0.5) is 22.7 Å². The fourth-order valence-corrected chi connectivity index (χ4v) is 6.73. The van der Waals surface area contributed by atoms with E-state index >= 15 is 0 Å². The van der Waals surface area contributed by atoms with Gasteiger partial charge in [-0.3, -0.25) is 4.79 Å². The standard InChI is InChI=1S/C38H38N4O5S/c1-25-37(48-24-39-25)14-18-47-35-12-5-28(23-36(35)44-2)27-4-10-31-33(22-27)40-32-11-3-26(21-34(32)41-38(31)43)13-17-46-30-8-6-29(7-9-30)42-15-19-45-20-16-42/h3-12,21-24,40H,13-20H2,1-2H3,(H,41,43). The van der Waals surface area contributed by atoms with Gasteiger partial charge in [-0.1, -0.05) is 18.2 Å². The van der Waals surface area contributed by atoms with E-state index in [1.165, 1.54) is 10.6 Å². The average molecular weight is 663 g/mol. The number of amides is 1. The molecule has 0 saturated carbocycles. The number of hydrogen-bond donors (Lipinski definition) is 2. The maximum atomic E-state index is 13.3. The number of carbonyl (C=O) groups excluding carboxylic acids is 1. The Morgan fingerprint density at radius 3 is 2.40 bits per heavy atom. The lowest BCUT2D eigenvalue weighted by atomic mass is 10.0. The van der Waals surface area contributed by atoms with Crippen LogP contribution in [0.5, 0.6) is 17.2 Å². The summed E-state index contributed by atoms with van der Waals surface area (Å²) in [6.45, 7) is 6.42. The van der Waals surface area contributed by atoms with E-state index in [2.05, 4.69) is 38.7 Å². The number of benzene rings is 4. The summed E-state index contributed by atoms with van der Waals surface area (Å²) in [6, 6.07) is 26.0. The minimum Gasteiger partial charge on any atom is -0.493 e. The molecule has 5 aromatic rings. The molecule has 4 aromatic carbocycles. The van der Waals surface area contributed by atoms with Crippen molar-refractivity contribution in [1.82, 2.24) is 4.98 Å². The number of rotatable bonds is 11. The van der Waals surface area contributed by atoms with Crippen molar-refractivity contribution >= 4 is 40.0 Å². The van der Waals surface area contributed by atoms with E-state index in [4.69, 9.17) is 18.9 Å². The lowest BCUT2D eigenvalue weighted by Crippen LogP contribution is -2.36. The lowest BCUT2D eigenvalue weighted by Gasteiger charge is -2.28. The fraction of sp³-hybridized carbons (Fsp3) is 0.263. The second-order valence-corrected chi connectivity index (χ2v) is 12.7. The molecule has 0 unspecified atom stereocenters. The van der Waals surface area contributed by atoms with Gasteiger partial charge in [-0.15, -0.1) is 11.3 Å². The van der Waals surface area contributed by atoms with E-state index in [1.807, 2.05) is 73.1 Å². The van der Waals surface area contributed by atoms with Crippen molar-refractivity contribution in [2.45, 2.75) is 19.8 Å². The minimum absolute atomic E-state index is 0.158. The van der Waals surface area contributed by atoms with Crippen LogP contribution in [0.2, 0.25) is 0 Å². The number of anilines is 4. The third-order valence-corrected chi connectivity index (χ3v) is 9.66. The predicted molar refractivity (Wildman–Crippen MR) is 191 cm³/mol. The van der Waals surface area contributed by atoms with Gasteiger partial charge in [-0.2, -0.15) is 0 Å². The number of methoxy groups -OCH3 is 1. The van der Waals surface area contributed by atoms with Gasteiger partial charge in [0.25, 0.3) is 5.91 Å². The fourth-order valence-electron chi connectivity index (χ4n) is 5.97. The van der Waals surface area contributed by atoms with Crippen molar-refractivity contribution in [3.05, 3.63) is 106 Å². The summed E-state index contributed by atoms with van der Waals surface area (Å²) in [4.78, 5) is 21.2. The number of hydrogen-bond acceptors (Lipinski definition) is 9. The molecule has 3 heterocycles. The highest BCUT2D eigenvalue weighted by Crippen LogP contribution is 2.38. The Balaban J connectivity index is 0.995. The Kier molecular flexibility index (Phi) is 9.44. The smallest absolute Gasteiger partial charge is 0.257 e. The third-order valence-electron chi connectivity index (χ3n) is 8.67. The van der Waals surface area contributed by atoms with Crippen molar-refractivity contribution < 1.29 is 23.7 Å². The van der Waals surface area contributed by atoms with Crippen LogP contribution in [0, 0.1) is 6.92 Å². The molecule has 0 bridgehead atoms. The quantitative estimate of drug-likeness (QED) is 0.150. The summed E-state index contributed by atoms with van der Waals surface area (Å²) < 4.78 is 23.2. The number of nitrogens with zero attached hydrogens (tertiary/aromatic N) is 2. The van der Waals surface area contributed by atoms with Gasteiger partial charge in [-0.05, 0) is 84.3 Å². The first-order chi connectivity index (χ1) is 23.5. The molecule has 0 atom stereocenters. The lowest BCUT2D eigenvalue weighted by molar-refractivity contribution is 0.102. The van der Waals surface area contributed by atoms with Gasteiger partial charge in [0, 0.05) is 36.5 Å². The normalized spacial score (nSPS) is 13.9. The molecule has 48 heavy (non-hydrogen) atoms. The number of nitrogens with one attached hydrogen (secondary N) is 2. The van der Waals surface area contributed by atoms with Crippen molar-refractivity contribution in [2.24, 2.45) is 0 Å². The van der Waals surface area contributed by atoms with Gasteiger partial charge in [0.05, 0.1) is 67.4 Å². The number of thiazole rings is 1. The minimum atomic E-state index is -0.158. The first-order valence-corrected chi connectivity index (χ1v) is 17.0. The van der Waals surface area contributed by atoms with E-state index in [-0.39, 0.29) is 5.91 Å². The highest BCUT2D eigenvalue weighted by molar-refractivity contribution is 7.09. The van der Waals surface area contributed by atoms with E-state index in [0.717, 1.165) is 77.9 Å². The van der Waals surface area contributed by atoms with Gasteiger partial charge in [0.15, 0.2) is 11.5 Å². The highest BCUT2D eigenvalue weighted by Gasteiger charge is 2.20. The van der Waals surface area contributed by atoms with Gasteiger partial charge >= 0.3 is 0 Å². The maximum absolute atomic E-state index is 13.3. The maximum Gasteiger partial charge on any atom is 0.257 e. The SMILES string of the molecule is COc1cc(-c2ccc3c(c2)Nc2ccc(CCOc4ccc(N5CCOCC5)cc4)cc2NC3=O)ccc1OCCc1scnc1C. The largest absolute Gasteiger partial charge is 0.493 e. The Morgan fingerprint density at radius 1 is 0.812 bits per heavy atom. The van der Waals surface area contributed by atoms with Gasteiger partial charge in [0.2, 0.25) is 0 Å². The summed E-state index contributed by atoms with van der Waals surface area (Å²) in [6.07, 6.45) is 1.50. The van der Waals surface area contributed by atoms with Crippen molar-refractivity contribution in [3.63, 3.8) is 0 Å². The molecule has 1 amide bonds. The van der Waals surface area contributed by atoms with Crippen molar-refractivity contribution in [1.29, 1.82) is 0 Å². The highest BCUT2D eigenvalue weighted by atomic mass is 32.1. The zero-order valence-electron chi connectivity index (χ0n) is 27.1. The molecule has 1 fully saturated rings.